The molecule has 208 valence electrons. The van der Waals surface area contributed by atoms with Gasteiger partial charge in [0.25, 0.3) is 0 Å². The smallest absolute Gasteiger partial charge is 0.224 e. The van der Waals surface area contributed by atoms with Crippen molar-refractivity contribution in [2.24, 2.45) is 32.9 Å². The number of allylic oxidation sites excluding steroid dienone is 4. The molecule has 0 saturated heterocycles. The highest BCUT2D eigenvalue weighted by molar-refractivity contribution is 5.89. The van der Waals surface area contributed by atoms with Gasteiger partial charge in [0.05, 0.1) is 19.5 Å². The first-order valence-corrected chi connectivity index (χ1v) is 13.1. The number of aromatic nitrogens is 1. The molecule has 1 amide bonds. The van der Waals surface area contributed by atoms with E-state index >= 15 is 0 Å². The van der Waals surface area contributed by atoms with Crippen LogP contribution in [0.1, 0.15) is 39.2 Å². The summed E-state index contributed by atoms with van der Waals surface area (Å²) in [5, 5.41) is 4.14. The van der Waals surface area contributed by atoms with E-state index in [4.69, 9.17) is 22.9 Å². The van der Waals surface area contributed by atoms with Gasteiger partial charge in [-0.2, -0.15) is 0 Å². The maximum atomic E-state index is 12.8. The van der Waals surface area contributed by atoms with Crippen molar-refractivity contribution in [1.82, 2.24) is 14.8 Å². The zero-order chi connectivity index (χ0) is 27.9. The highest BCUT2D eigenvalue weighted by Gasteiger charge is 2.12. The summed E-state index contributed by atoms with van der Waals surface area (Å²) in [6, 6.07) is 8.23. The summed E-state index contributed by atoms with van der Waals surface area (Å²) in [6.07, 6.45) is 9.07. The van der Waals surface area contributed by atoms with E-state index in [9.17, 15) is 4.79 Å². The van der Waals surface area contributed by atoms with Crippen LogP contribution in [0.4, 0.5) is 0 Å². The van der Waals surface area contributed by atoms with Crippen molar-refractivity contribution in [1.29, 1.82) is 0 Å². The van der Waals surface area contributed by atoms with Gasteiger partial charge in [0.2, 0.25) is 5.91 Å². The summed E-state index contributed by atoms with van der Waals surface area (Å²) >= 11 is 0. The standard InChI is InChI=1S/C28H45N9O/c1-21(2)7-6-8-22(3)11-15-37-20-23(24-9-4-5-10-25(24)37)19-26(38)33-12-16-36(17-13-34-27(29)30)18-14-35-28(31)32/h4-5,7,9-11,20H,6,8,12-19H2,1-3H3,(H,33,38)(H4,29,30,34)(H4,31,32,35)/b22-11+. The van der Waals surface area contributed by atoms with E-state index in [1.807, 2.05) is 12.1 Å². The Morgan fingerprint density at radius 1 is 0.974 bits per heavy atom. The minimum atomic E-state index is -0.0188. The van der Waals surface area contributed by atoms with Crippen molar-refractivity contribution in [3.63, 3.8) is 0 Å². The third kappa shape index (κ3) is 11.5. The van der Waals surface area contributed by atoms with Crippen molar-refractivity contribution in [3.05, 3.63) is 59.3 Å². The summed E-state index contributed by atoms with van der Waals surface area (Å²) in [5.41, 5.74) is 26.6. The van der Waals surface area contributed by atoms with E-state index in [1.54, 1.807) is 0 Å². The van der Waals surface area contributed by atoms with Crippen LogP contribution in [0, 0.1) is 0 Å². The Morgan fingerprint density at radius 3 is 2.26 bits per heavy atom. The topological polar surface area (TPSA) is 166 Å². The number of nitrogens with zero attached hydrogens (tertiary/aromatic N) is 4. The fourth-order valence-corrected chi connectivity index (χ4v) is 4.12. The molecule has 1 aromatic heterocycles. The number of carbonyl (C=O) groups is 1. The molecule has 1 aromatic carbocycles. The lowest BCUT2D eigenvalue weighted by Gasteiger charge is -2.20. The number of para-hydroxylation sites is 1. The molecule has 0 aliphatic rings. The van der Waals surface area contributed by atoms with Crippen LogP contribution in [0.25, 0.3) is 10.9 Å². The van der Waals surface area contributed by atoms with Crippen LogP contribution in [0.5, 0.6) is 0 Å². The van der Waals surface area contributed by atoms with Gasteiger partial charge in [-0.15, -0.1) is 0 Å². The van der Waals surface area contributed by atoms with Gasteiger partial charge in [-0.25, -0.2) is 0 Å². The Labute approximate surface area is 226 Å². The molecular weight excluding hydrogens is 478 g/mol. The van der Waals surface area contributed by atoms with Crippen molar-refractivity contribution in [2.45, 2.75) is 46.6 Å². The molecule has 0 atom stereocenters. The Hall–Kier alpha value is -3.79. The molecule has 10 heteroatoms. The van der Waals surface area contributed by atoms with Crippen molar-refractivity contribution < 1.29 is 4.79 Å². The third-order valence-electron chi connectivity index (χ3n) is 6.12. The lowest BCUT2D eigenvalue weighted by atomic mass is 10.1. The second kappa shape index (κ2) is 16.1. The van der Waals surface area contributed by atoms with E-state index in [-0.39, 0.29) is 17.8 Å². The first kappa shape index (κ1) is 30.4. The molecule has 0 radical (unpaired) electrons. The number of benzene rings is 1. The number of aliphatic imine (C=N–C) groups is 2. The molecule has 2 aromatic rings. The third-order valence-corrected chi connectivity index (χ3v) is 6.12. The van der Waals surface area contributed by atoms with Crippen LogP contribution in [0.2, 0.25) is 0 Å². The van der Waals surface area contributed by atoms with Crippen LogP contribution in [-0.2, 0) is 17.8 Å². The molecule has 9 N–H and O–H groups in total. The molecule has 1 heterocycles. The Morgan fingerprint density at radius 2 is 1.63 bits per heavy atom. The van der Waals surface area contributed by atoms with Gasteiger partial charge in [-0.05, 0) is 45.2 Å². The van der Waals surface area contributed by atoms with E-state index in [1.165, 1.54) is 11.1 Å². The highest BCUT2D eigenvalue weighted by atomic mass is 16.1. The average molecular weight is 524 g/mol. The maximum Gasteiger partial charge on any atom is 0.224 e. The number of carbonyl (C=O) groups excluding carboxylic acids is 1. The quantitative estimate of drug-likeness (QED) is 0.128. The lowest BCUT2D eigenvalue weighted by Crippen LogP contribution is -2.38. The molecule has 0 spiro atoms. The SMILES string of the molecule is CC(C)=CCC/C(C)=C/Cn1cc(CC(=O)NCCN(CCN=C(N)N)CCN=C(N)N)c2ccccc21. The van der Waals surface area contributed by atoms with Crippen LogP contribution < -0.4 is 28.3 Å². The molecule has 0 saturated carbocycles. The van der Waals surface area contributed by atoms with Gasteiger partial charge in [-0.3, -0.25) is 19.7 Å². The van der Waals surface area contributed by atoms with E-state index in [0.29, 0.717) is 45.7 Å². The summed E-state index contributed by atoms with van der Waals surface area (Å²) in [6.45, 7) is 10.5. The van der Waals surface area contributed by atoms with Gasteiger partial charge < -0.3 is 32.8 Å². The summed E-state index contributed by atoms with van der Waals surface area (Å²) < 4.78 is 2.22. The zero-order valence-corrected chi connectivity index (χ0v) is 23.1. The van der Waals surface area contributed by atoms with Gasteiger partial charge in [-0.1, -0.05) is 41.5 Å². The molecule has 0 bridgehead atoms. The number of guanidine groups is 2. The van der Waals surface area contributed by atoms with Crippen LogP contribution >= 0.6 is 0 Å². The number of amides is 1. The molecule has 2 rings (SSSR count). The predicted octanol–water partition coefficient (Wildman–Crippen LogP) is 1.84. The summed E-state index contributed by atoms with van der Waals surface area (Å²) in [7, 11) is 0. The number of hydrogen-bond donors (Lipinski definition) is 5. The van der Waals surface area contributed by atoms with Crippen LogP contribution in [0.3, 0.4) is 0 Å². The van der Waals surface area contributed by atoms with Crippen LogP contribution in [0.15, 0.2) is 63.7 Å². The number of fused-ring (bicyclic) bond motifs is 1. The van der Waals surface area contributed by atoms with E-state index in [2.05, 4.69) is 76.0 Å². The largest absolute Gasteiger partial charge is 0.370 e. The first-order chi connectivity index (χ1) is 18.2. The van der Waals surface area contributed by atoms with Gasteiger partial charge in [0, 0.05) is 49.8 Å². The van der Waals surface area contributed by atoms with Gasteiger partial charge in [0.1, 0.15) is 0 Å². The van der Waals surface area contributed by atoms with Crippen molar-refractivity contribution in [3.8, 4) is 0 Å². The fraction of sp³-hybridized carbons (Fsp3) is 0.464. The summed E-state index contributed by atoms with van der Waals surface area (Å²) in [5.74, 6) is 0.0850. The predicted molar refractivity (Wildman–Crippen MR) is 159 cm³/mol. The molecule has 0 aliphatic heterocycles. The zero-order valence-electron chi connectivity index (χ0n) is 23.1. The minimum Gasteiger partial charge on any atom is -0.370 e. The second-order valence-electron chi connectivity index (χ2n) is 9.68. The lowest BCUT2D eigenvalue weighted by molar-refractivity contribution is -0.120. The number of nitrogens with two attached hydrogens (primary N) is 4. The van der Waals surface area contributed by atoms with Crippen LogP contribution in [-0.4, -0.2) is 66.6 Å². The second-order valence-corrected chi connectivity index (χ2v) is 9.68. The summed E-state index contributed by atoms with van der Waals surface area (Å²) in [4.78, 5) is 23.0. The Kier molecular flexibility index (Phi) is 12.9. The first-order valence-electron chi connectivity index (χ1n) is 13.1. The molecular formula is C28H45N9O. The molecule has 0 aliphatic carbocycles. The minimum absolute atomic E-state index is 0.0188. The van der Waals surface area contributed by atoms with Crippen molar-refractivity contribution >= 4 is 28.7 Å². The molecule has 10 nitrogen and oxygen atoms in total. The normalized spacial score (nSPS) is 11.4. The van der Waals surface area contributed by atoms with E-state index in [0.717, 1.165) is 35.9 Å². The fourth-order valence-electron chi connectivity index (χ4n) is 4.12. The van der Waals surface area contributed by atoms with Gasteiger partial charge in [0.15, 0.2) is 11.9 Å². The van der Waals surface area contributed by atoms with Crippen molar-refractivity contribution in [2.75, 3.05) is 39.3 Å². The highest BCUT2D eigenvalue weighted by Crippen LogP contribution is 2.22. The van der Waals surface area contributed by atoms with E-state index < -0.39 is 0 Å². The average Bonchev–Trinajstić information content (AvgIpc) is 3.19. The number of nitrogens with one attached hydrogen (secondary N) is 1. The number of hydrogen-bond acceptors (Lipinski definition) is 4. The molecule has 0 fully saturated rings. The Balaban J connectivity index is 1.97. The maximum absolute atomic E-state index is 12.8. The Bertz CT molecular complexity index is 1130. The molecule has 38 heavy (non-hydrogen) atoms. The number of rotatable bonds is 16. The monoisotopic (exact) mass is 523 g/mol. The molecule has 0 unspecified atom stereocenters. The van der Waals surface area contributed by atoms with Gasteiger partial charge >= 0.3 is 0 Å².